The lowest BCUT2D eigenvalue weighted by molar-refractivity contribution is 0.0866. The first-order valence-electron chi connectivity index (χ1n) is 8.56. The summed E-state index contributed by atoms with van der Waals surface area (Å²) in [5.41, 5.74) is 0.298. The summed E-state index contributed by atoms with van der Waals surface area (Å²) >= 11 is 0. The molecular weight excluding hydrogens is 343 g/mol. The Hall–Kier alpha value is -1.36. The molecule has 1 atom stereocenters. The van der Waals surface area contributed by atoms with Crippen LogP contribution in [0.15, 0.2) is 18.2 Å². The number of rotatable bonds is 8. The second-order valence-electron chi connectivity index (χ2n) is 6.06. The largest absolute Gasteiger partial charge is 0.496 e. The van der Waals surface area contributed by atoms with Gasteiger partial charge < -0.3 is 18.5 Å². The monoisotopic (exact) mass is 370 g/mol. The van der Waals surface area contributed by atoms with Gasteiger partial charge in [0.25, 0.3) is 0 Å². The fourth-order valence-electron chi connectivity index (χ4n) is 3.59. The average molecular weight is 370 g/mol. The van der Waals surface area contributed by atoms with Crippen molar-refractivity contribution >= 4 is 13.4 Å². The van der Waals surface area contributed by atoms with Crippen LogP contribution in [0.5, 0.6) is 11.5 Å². The zero-order valence-electron chi connectivity index (χ0n) is 15.4. The van der Waals surface area contributed by atoms with Gasteiger partial charge in [0.1, 0.15) is 22.2 Å². The van der Waals surface area contributed by atoms with Crippen LogP contribution >= 0.6 is 7.60 Å². The van der Waals surface area contributed by atoms with Crippen molar-refractivity contribution in [2.24, 2.45) is 0 Å². The second-order valence-corrected chi connectivity index (χ2v) is 8.53. The van der Waals surface area contributed by atoms with Crippen molar-refractivity contribution in [1.29, 1.82) is 0 Å². The highest BCUT2D eigenvalue weighted by molar-refractivity contribution is 7.57. The Morgan fingerprint density at radius 3 is 2.08 bits per heavy atom. The molecule has 1 saturated carbocycles. The smallest absolute Gasteiger partial charge is 0.344 e. The maximum absolute atomic E-state index is 13.7. The second kappa shape index (κ2) is 8.35. The molecular formula is C18H27O6P. The summed E-state index contributed by atoms with van der Waals surface area (Å²) in [6.07, 6.45) is 3.50. The molecule has 0 aromatic heterocycles. The number of hydrogen-bond donors (Lipinski definition) is 0. The van der Waals surface area contributed by atoms with E-state index in [0.29, 0.717) is 29.9 Å². The van der Waals surface area contributed by atoms with Crippen LogP contribution in [0, 0.1) is 0 Å². The molecule has 6 nitrogen and oxygen atoms in total. The zero-order valence-corrected chi connectivity index (χ0v) is 16.3. The van der Waals surface area contributed by atoms with Gasteiger partial charge in [0.05, 0.1) is 20.8 Å². The van der Waals surface area contributed by atoms with Crippen LogP contribution < -0.4 is 9.47 Å². The Kier molecular flexibility index (Phi) is 6.66. The molecule has 0 heterocycles. The molecule has 0 amide bonds. The molecule has 0 radical (unpaired) electrons. The molecule has 0 bridgehead atoms. The number of hydrogen-bond acceptors (Lipinski definition) is 6. The van der Waals surface area contributed by atoms with Crippen molar-refractivity contribution in [1.82, 2.24) is 0 Å². The highest BCUT2D eigenvalue weighted by atomic mass is 31.2. The van der Waals surface area contributed by atoms with E-state index in [1.807, 2.05) is 0 Å². The number of ketones is 1. The van der Waals surface area contributed by atoms with E-state index in [0.717, 1.165) is 19.3 Å². The predicted octanol–water partition coefficient (Wildman–Crippen LogP) is 4.47. The maximum Gasteiger partial charge on any atom is 0.344 e. The molecule has 1 aliphatic carbocycles. The van der Waals surface area contributed by atoms with E-state index in [1.165, 1.54) is 21.3 Å². The third-order valence-corrected chi connectivity index (χ3v) is 7.60. The number of methoxy groups -OCH3 is 2. The molecule has 1 aromatic carbocycles. The van der Waals surface area contributed by atoms with Gasteiger partial charge in [-0.1, -0.05) is 25.3 Å². The van der Waals surface area contributed by atoms with Crippen LogP contribution in [0.2, 0.25) is 0 Å². The molecule has 1 fully saturated rings. The molecule has 1 unspecified atom stereocenters. The van der Waals surface area contributed by atoms with Crippen molar-refractivity contribution in [3.8, 4) is 11.5 Å². The van der Waals surface area contributed by atoms with Gasteiger partial charge in [0.2, 0.25) is 0 Å². The number of carbonyl (C=O) groups excluding carboxylic acids is 1. The van der Waals surface area contributed by atoms with Crippen LogP contribution in [0.3, 0.4) is 0 Å². The molecule has 1 aliphatic rings. The minimum absolute atomic E-state index is 0.212. The minimum atomic E-state index is -3.65. The van der Waals surface area contributed by atoms with Crippen LogP contribution in [0.25, 0.3) is 0 Å². The summed E-state index contributed by atoms with van der Waals surface area (Å²) in [5, 5.41) is -1.21. The fraction of sp³-hybridized carbons (Fsp3) is 0.611. The van der Waals surface area contributed by atoms with Crippen molar-refractivity contribution in [2.75, 3.05) is 27.9 Å². The Balaban J connectivity index is 2.64. The number of benzene rings is 1. The van der Waals surface area contributed by atoms with E-state index in [-0.39, 0.29) is 12.4 Å². The summed E-state index contributed by atoms with van der Waals surface area (Å²) in [5.74, 6) is 0.502. The molecule has 140 valence electrons. The standard InChI is InChI=1S/C18H27O6P/c1-5-24-25(20,23-4)18(12-7-6-8-13-18)17(19)16-14(21-2)10-9-11-15(16)22-3/h9-11H,5-8,12-13H2,1-4H3. The fourth-order valence-corrected chi connectivity index (χ4v) is 5.86. The van der Waals surface area contributed by atoms with Crippen LogP contribution in [-0.4, -0.2) is 38.9 Å². The van der Waals surface area contributed by atoms with Gasteiger partial charge in [-0.25, -0.2) is 0 Å². The van der Waals surface area contributed by atoms with Gasteiger partial charge in [0, 0.05) is 7.11 Å². The Labute approximate surface area is 149 Å². The Morgan fingerprint density at radius 2 is 1.64 bits per heavy atom. The first kappa shape index (κ1) is 20.0. The molecule has 25 heavy (non-hydrogen) atoms. The quantitative estimate of drug-likeness (QED) is 0.497. The topological polar surface area (TPSA) is 71.1 Å². The molecule has 0 spiro atoms. The number of Topliss-reactive ketones (excluding diaryl/α,β-unsaturated/α-hetero) is 1. The number of ether oxygens (including phenoxy) is 2. The summed E-state index contributed by atoms with van der Waals surface area (Å²) in [4.78, 5) is 13.7. The van der Waals surface area contributed by atoms with Gasteiger partial charge in [-0.15, -0.1) is 0 Å². The summed E-state index contributed by atoms with van der Waals surface area (Å²) in [6.45, 7) is 1.96. The highest BCUT2D eigenvalue weighted by Crippen LogP contribution is 2.66. The first-order chi connectivity index (χ1) is 12.0. The molecule has 2 rings (SSSR count). The summed E-state index contributed by atoms with van der Waals surface area (Å²) in [7, 11) is 0.692. The normalized spacial score (nSPS) is 19.0. The van der Waals surface area contributed by atoms with E-state index < -0.39 is 12.8 Å². The lowest BCUT2D eigenvalue weighted by atomic mass is 9.82. The molecule has 1 aromatic rings. The van der Waals surface area contributed by atoms with Crippen molar-refractivity contribution in [3.63, 3.8) is 0 Å². The average Bonchev–Trinajstić information content (AvgIpc) is 2.67. The minimum Gasteiger partial charge on any atom is -0.496 e. The van der Waals surface area contributed by atoms with Crippen LogP contribution in [-0.2, 0) is 13.6 Å². The molecule has 7 heteroatoms. The van der Waals surface area contributed by atoms with Gasteiger partial charge >= 0.3 is 7.60 Å². The van der Waals surface area contributed by atoms with Gasteiger partial charge in [-0.2, -0.15) is 0 Å². The zero-order chi connectivity index (χ0) is 18.5. The van der Waals surface area contributed by atoms with Gasteiger partial charge in [0.15, 0.2) is 5.78 Å². The van der Waals surface area contributed by atoms with Crippen LogP contribution in [0.4, 0.5) is 0 Å². The van der Waals surface area contributed by atoms with E-state index in [2.05, 4.69) is 0 Å². The van der Waals surface area contributed by atoms with Crippen LogP contribution in [0.1, 0.15) is 49.4 Å². The van der Waals surface area contributed by atoms with Gasteiger partial charge in [-0.05, 0) is 31.9 Å². The SMILES string of the molecule is CCOP(=O)(OC)C1(C(=O)c2c(OC)cccc2OC)CCCCC1. The molecule has 0 N–H and O–H groups in total. The lowest BCUT2D eigenvalue weighted by Gasteiger charge is -2.40. The van der Waals surface area contributed by atoms with E-state index >= 15 is 0 Å². The maximum atomic E-state index is 13.7. The lowest BCUT2D eigenvalue weighted by Crippen LogP contribution is -2.42. The van der Waals surface area contributed by atoms with Gasteiger partial charge in [-0.3, -0.25) is 9.36 Å². The predicted molar refractivity (Wildman–Crippen MR) is 95.9 cm³/mol. The van der Waals surface area contributed by atoms with E-state index in [9.17, 15) is 9.36 Å². The third-order valence-electron chi connectivity index (χ3n) is 4.82. The van der Waals surface area contributed by atoms with E-state index in [1.54, 1.807) is 25.1 Å². The molecule has 0 saturated heterocycles. The Morgan fingerprint density at radius 1 is 1.08 bits per heavy atom. The van der Waals surface area contributed by atoms with Crippen molar-refractivity contribution in [2.45, 2.75) is 44.2 Å². The number of carbonyl (C=O) groups is 1. The third kappa shape index (κ3) is 3.48. The van der Waals surface area contributed by atoms with E-state index in [4.69, 9.17) is 18.5 Å². The van der Waals surface area contributed by atoms with Crippen molar-refractivity contribution < 1.29 is 27.9 Å². The molecule has 0 aliphatic heterocycles. The van der Waals surface area contributed by atoms with Crippen molar-refractivity contribution in [3.05, 3.63) is 23.8 Å². The Bertz CT molecular complexity index is 629. The highest BCUT2D eigenvalue weighted by Gasteiger charge is 2.57. The first-order valence-corrected chi connectivity index (χ1v) is 10.1. The summed E-state index contributed by atoms with van der Waals surface area (Å²) in [6, 6.07) is 5.15. The summed E-state index contributed by atoms with van der Waals surface area (Å²) < 4.78 is 35.2.